The van der Waals surface area contributed by atoms with E-state index in [1.54, 1.807) is 7.11 Å². The molecule has 18 heavy (non-hydrogen) atoms. The lowest BCUT2D eigenvalue weighted by molar-refractivity contribution is 0.0871. The third-order valence-electron chi connectivity index (χ3n) is 3.60. The fourth-order valence-corrected chi connectivity index (χ4v) is 2.51. The summed E-state index contributed by atoms with van der Waals surface area (Å²) in [5.41, 5.74) is 0.812. The molecule has 0 N–H and O–H groups in total. The molecule has 1 aromatic rings. The van der Waals surface area contributed by atoms with Gasteiger partial charge >= 0.3 is 0 Å². The van der Waals surface area contributed by atoms with Crippen molar-refractivity contribution in [2.24, 2.45) is 5.92 Å². The number of methoxy groups -OCH3 is 1. The number of benzene rings is 1. The molecule has 2 rings (SSSR count). The van der Waals surface area contributed by atoms with Crippen LogP contribution in [0.25, 0.3) is 0 Å². The Bertz CT molecular complexity index is 391. The molecule has 0 aromatic heterocycles. The van der Waals surface area contributed by atoms with E-state index in [0.717, 1.165) is 31.6 Å². The Morgan fingerprint density at radius 3 is 2.78 bits per heavy atom. The van der Waals surface area contributed by atoms with Gasteiger partial charge in [0.1, 0.15) is 0 Å². The van der Waals surface area contributed by atoms with Gasteiger partial charge < -0.3 is 4.74 Å². The van der Waals surface area contributed by atoms with E-state index in [0.29, 0.717) is 6.10 Å². The van der Waals surface area contributed by atoms with E-state index in [1.165, 1.54) is 0 Å². The van der Waals surface area contributed by atoms with Crippen molar-refractivity contribution >= 4 is 5.78 Å². The molecular weight excluding hydrogens is 226 g/mol. The lowest BCUT2D eigenvalue weighted by Crippen LogP contribution is -2.31. The van der Waals surface area contributed by atoms with Gasteiger partial charge in [0.25, 0.3) is 0 Å². The Hall–Kier alpha value is -1.19. The number of ketones is 1. The van der Waals surface area contributed by atoms with E-state index >= 15 is 0 Å². The zero-order valence-electron chi connectivity index (χ0n) is 11.1. The van der Waals surface area contributed by atoms with Crippen LogP contribution in [-0.2, 0) is 4.74 Å². The van der Waals surface area contributed by atoms with E-state index in [9.17, 15) is 4.79 Å². The molecule has 0 spiro atoms. The molecule has 0 amide bonds. The molecule has 0 radical (unpaired) electrons. The van der Waals surface area contributed by atoms with E-state index in [4.69, 9.17) is 4.74 Å². The number of carbonyl (C=O) groups is 1. The molecule has 3 heteroatoms. The molecule has 2 atom stereocenters. The van der Waals surface area contributed by atoms with E-state index in [-0.39, 0.29) is 11.7 Å². The van der Waals surface area contributed by atoms with Gasteiger partial charge in [-0.1, -0.05) is 37.3 Å². The third-order valence-corrected chi connectivity index (χ3v) is 3.60. The highest BCUT2D eigenvalue weighted by molar-refractivity contribution is 5.97. The summed E-state index contributed by atoms with van der Waals surface area (Å²) >= 11 is 0. The normalized spacial score (nSPS) is 22.0. The topological polar surface area (TPSA) is 29.5 Å². The van der Waals surface area contributed by atoms with Crippen LogP contribution in [0.15, 0.2) is 30.3 Å². The zero-order chi connectivity index (χ0) is 13.0. The average Bonchev–Trinajstić information content (AvgIpc) is 2.86. The smallest absolute Gasteiger partial charge is 0.166 e. The minimum Gasteiger partial charge on any atom is -0.380 e. The first-order valence-corrected chi connectivity index (χ1v) is 6.55. The number of nitrogens with zero attached hydrogens (tertiary/aromatic N) is 1. The fourth-order valence-electron chi connectivity index (χ4n) is 2.51. The molecule has 98 valence electrons. The van der Waals surface area contributed by atoms with Crippen LogP contribution in [0, 0.1) is 5.92 Å². The van der Waals surface area contributed by atoms with Gasteiger partial charge in [-0.05, 0) is 6.42 Å². The van der Waals surface area contributed by atoms with Crippen LogP contribution in [0.1, 0.15) is 23.7 Å². The maximum atomic E-state index is 12.2. The van der Waals surface area contributed by atoms with Gasteiger partial charge in [-0.3, -0.25) is 9.69 Å². The average molecular weight is 247 g/mol. The molecule has 0 saturated carbocycles. The standard InChI is InChI=1S/C15H21NO2/c1-12(10-16-9-8-14(11-16)18-2)15(17)13-6-4-3-5-7-13/h3-7,12,14H,8-11H2,1-2H3. The predicted molar refractivity (Wildman–Crippen MR) is 71.8 cm³/mol. The lowest BCUT2D eigenvalue weighted by atomic mass is 9.99. The van der Waals surface area contributed by atoms with Crippen molar-refractivity contribution < 1.29 is 9.53 Å². The fraction of sp³-hybridized carbons (Fsp3) is 0.533. The summed E-state index contributed by atoms with van der Waals surface area (Å²) < 4.78 is 5.34. The van der Waals surface area contributed by atoms with Gasteiger partial charge in [0.15, 0.2) is 5.78 Å². The van der Waals surface area contributed by atoms with Crippen LogP contribution in [-0.4, -0.2) is 43.5 Å². The van der Waals surface area contributed by atoms with Crippen LogP contribution in [0.4, 0.5) is 0 Å². The van der Waals surface area contributed by atoms with Crippen LogP contribution >= 0.6 is 0 Å². The summed E-state index contributed by atoms with van der Waals surface area (Å²) in [6.45, 7) is 4.82. The molecule has 1 fully saturated rings. The predicted octanol–water partition coefficient (Wildman–Crippen LogP) is 2.23. The molecule has 1 heterocycles. The van der Waals surface area contributed by atoms with Crippen LogP contribution in [0.5, 0.6) is 0 Å². The van der Waals surface area contributed by atoms with Crippen molar-refractivity contribution in [3.8, 4) is 0 Å². The number of ether oxygens (including phenoxy) is 1. The molecular formula is C15H21NO2. The minimum absolute atomic E-state index is 0.0445. The number of rotatable bonds is 5. The van der Waals surface area contributed by atoms with Crippen molar-refractivity contribution in [1.29, 1.82) is 0 Å². The Balaban J connectivity index is 1.89. The maximum absolute atomic E-state index is 12.2. The third kappa shape index (κ3) is 3.18. The highest BCUT2D eigenvalue weighted by Gasteiger charge is 2.25. The van der Waals surface area contributed by atoms with Gasteiger partial charge in [0, 0.05) is 38.2 Å². The van der Waals surface area contributed by atoms with E-state index < -0.39 is 0 Å². The second kappa shape index (κ2) is 6.12. The van der Waals surface area contributed by atoms with Crippen molar-refractivity contribution in [2.45, 2.75) is 19.4 Å². The number of hydrogen-bond acceptors (Lipinski definition) is 3. The summed E-state index contributed by atoms with van der Waals surface area (Å²) in [6.07, 6.45) is 1.41. The second-order valence-electron chi connectivity index (χ2n) is 5.04. The molecule has 1 aliphatic heterocycles. The molecule has 1 aliphatic rings. The molecule has 0 aliphatic carbocycles. The highest BCUT2D eigenvalue weighted by atomic mass is 16.5. The van der Waals surface area contributed by atoms with Crippen molar-refractivity contribution in [2.75, 3.05) is 26.7 Å². The summed E-state index contributed by atoms with van der Waals surface area (Å²) in [5, 5.41) is 0. The van der Waals surface area contributed by atoms with Crippen LogP contribution in [0.2, 0.25) is 0 Å². The van der Waals surface area contributed by atoms with Gasteiger partial charge in [0.05, 0.1) is 6.10 Å². The van der Waals surface area contributed by atoms with E-state index in [2.05, 4.69) is 4.90 Å². The van der Waals surface area contributed by atoms with Crippen molar-refractivity contribution in [3.05, 3.63) is 35.9 Å². The lowest BCUT2D eigenvalue weighted by Gasteiger charge is -2.19. The molecule has 0 bridgehead atoms. The summed E-state index contributed by atoms with van der Waals surface area (Å²) in [5.74, 6) is 0.277. The second-order valence-corrected chi connectivity index (χ2v) is 5.04. The number of carbonyl (C=O) groups excluding carboxylic acids is 1. The number of likely N-dealkylation sites (tertiary alicyclic amines) is 1. The Kier molecular flexibility index (Phi) is 4.50. The molecule has 2 unspecified atom stereocenters. The summed E-state index contributed by atoms with van der Waals surface area (Å²) in [4.78, 5) is 14.5. The zero-order valence-corrected chi connectivity index (χ0v) is 11.1. The van der Waals surface area contributed by atoms with Crippen molar-refractivity contribution in [1.82, 2.24) is 4.90 Å². The summed E-state index contributed by atoms with van der Waals surface area (Å²) in [7, 11) is 1.76. The first kappa shape index (κ1) is 13.2. The molecule has 3 nitrogen and oxygen atoms in total. The molecule has 1 aromatic carbocycles. The van der Waals surface area contributed by atoms with Gasteiger partial charge in [-0.25, -0.2) is 0 Å². The van der Waals surface area contributed by atoms with Gasteiger partial charge in [0.2, 0.25) is 0 Å². The van der Waals surface area contributed by atoms with Crippen LogP contribution < -0.4 is 0 Å². The SMILES string of the molecule is COC1CCN(CC(C)C(=O)c2ccccc2)C1. The number of Topliss-reactive ketones (excluding diaryl/α,β-unsaturated/α-hetero) is 1. The van der Waals surface area contributed by atoms with Crippen LogP contribution in [0.3, 0.4) is 0 Å². The summed E-state index contributed by atoms with van der Waals surface area (Å²) in [6, 6.07) is 9.54. The highest BCUT2D eigenvalue weighted by Crippen LogP contribution is 2.16. The van der Waals surface area contributed by atoms with Crippen molar-refractivity contribution in [3.63, 3.8) is 0 Å². The minimum atomic E-state index is 0.0445. The first-order chi connectivity index (χ1) is 8.70. The maximum Gasteiger partial charge on any atom is 0.166 e. The monoisotopic (exact) mass is 247 g/mol. The quantitative estimate of drug-likeness (QED) is 0.747. The van der Waals surface area contributed by atoms with E-state index in [1.807, 2.05) is 37.3 Å². The Morgan fingerprint density at radius 1 is 1.44 bits per heavy atom. The first-order valence-electron chi connectivity index (χ1n) is 6.55. The number of hydrogen-bond donors (Lipinski definition) is 0. The van der Waals surface area contributed by atoms with Gasteiger partial charge in [-0.2, -0.15) is 0 Å². The largest absolute Gasteiger partial charge is 0.380 e. The Morgan fingerprint density at radius 2 is 2.17 bits per heavy atom. The Labute approximate surface area is 109 Å². The molecule has 1 saturated heterocycles. The van der Waals surface area contributed by atoms with Gasteiger partial charge in [-0.15, -0.1) is 0 Å².